The number of nitrogens with zero attached hydrogens (tertiary/aromatic N) is 1. The zero-order valence-corrected chi connectivity index (χ0v) is 10.8. The summed E-state index contributed by atoms with van der Waals surface area (Å²) in [4.78, 5) is 2.31. The maximum Gasteiger partial charge on any atom is 0.0476 e. The largest absolute Gasteiger partial charge is 0.396 e. The average Bonchev–Trinajstić information content (AvgIpc) is 2.77. The monoisotopic (exact) mass is 284 g/mol. The van der Waals surface area contributed by atoms with Crippen LogP contribution in [-0.4, -0.2) is 24.8 Å². The highest BCUT2D eigenvalue weighted by Crippen LogP contribution is 2.31. The summed E-state index contributed by atoms with van der Waals surface area (Å²) in [6.45, 7) is 2.76. The average molecular weight is 285 g/mol. The van der Waals surface area contributed by atoms with Crippen molar-refractivity contribution < 1.29 is 5.11 Å². The third-order valence-corrected chi connectivity index (χ3v) is 3.93. The van der Waals surface area contributed by atoms with Crippen LogP contribution in [0.15, 0.2) is 22.7 Å². The molecule has 0 spiro atoms. The summed E-state index contributed by atoms with van der Waals surface area (Å²) in [6.07, 6.45) is 1.06. The van der Waals surface area contributed by atoms with Gasteiger partial charge in [0.25, 0.3) is 0 Å². The molecule has 4 heteroatoms. The van der Waals surface area contributed by atoms with Crippen LogP contribution in [0.3, 0.4) is 0 Å². The van der Waals surface area contributed by atoms with Gasteiger partial charge in [-0.25, -0.2) is 0 Å². The smallest absolute Gasteiger partial charge is 0.0476 e. The lowest BCUT2D eigenvalue weighted by molar-refractivity contribution is 0.238. The van der Waals surface area contributed by atoms with E-state index in [1.165, 1.54) is 5.69 Å². The molecule has 1 heterocycles. The van der Waals surface area contributed by atoms with Gasteiger partial charge in [-0.15, -0.1) is 0 Å². The number of halogens is 1. The summed E-state index contributed by atoms with van der Waals surface area (Å²) in [5.74, 6) is 0.407. The number of nitrogens with two attached hydrogens (primary N) is 1. The number of benzene rings is 1. The van der Waals surface area contributed by atoms with Crippen LogP contribution in [0.2, 0.25) is 0 Å². The van der Waals surface area contributed by atoms with E-state index >= 15 is 0 Å². The molecule has 0 bridgehead atoms. The topological polar surface area (TPSA) is 49.5 Å². The predicted molar refractivity (Wildman–Crippen MR) is 69.4 cm³/mol. The van der Waals surface area contributed by atoms with Crippen LogP contribution in [0.25, 0.3) is 0 Å². The molecule has 1 aliphatic heterocycles. The summed E-state index contributed by atoms with van der Waals surface area (Å²) in [7, 11) is 0. The van der Waals surface area contributed by atoms with E-state index in [1.54, 1.807) is 0 Å². The number of hydrogen-bond acceptors (Lipinski definition) is 3. The molecule has 3 nitrogen and oxygen atoms in total. The molecule has 1 aliphatic rings. The fourth-order valence-corrected chi connectivity index (χ4v) is 2.76. The summed E-state index contributed by atoms with van der Waals surface area (Å²) >= 11 is 3.53. The Balaban J connectivity index is 2.24. The first kappa shape index (κ1) is 11.9. The molecular formula is C12H17BrN2O. The maximum absolute atomic E-state index is 9.15. The lowest BCUT2D eigenvalue weighted by atomic mass is 10.1. The van der Waals surface area contributed by atoms with Crippen LogP contribution < -0.4 is 10.6 Å². The molecule has 0 saturated carbocycles. The Morgan fingerprint density at radius 1 is 1.50 bits per heavy atom. The van der Waals surface area contributed by atoms with Gasteiger partial charge in [0.05, 0.1) is 0 Å². The van der Waals surface area contributed by atoms with Crippen LogP contribution in [0.4, 0.5) is 5.69 Å². The lowest BCUT2D eigenvalue weighted by Gasteiger charge is -2.22. The Hall–Kier alpha value is -0.580. The Labute approximate surface area is 104 Å². The molecule has 1 aromatic carbocycles. The van der Waals surface area contributed by atoms with Crippen molar-refractivity contribution in [3.05, 3.63) is 28.2 Å². The van der Waals surface area contributed by atoms with Gasteiger partial charge >= 0.3 is 0 Å². The molecule has 1 saturated heterocycles. The highest BCUT2D eigenvalue weighted by atomic mass is 79.9. The van der Waals surface area contributed by atoms with Crippen molar-refractivity contribution in [3.63, 3.8) is 0 Å². The second kappa shape index (κ2) is 5.17. The van der Waals surface area contributed by atoms with Crippen LogP contribution in [0, 0.1) is 5.92 Å². The van der Waals surface area contributed by atoms with E-state index in [-0.39, 0.29) is 6.61 Å². The van der Waals surface area contributed by atoms with Gasteiger partial charge in [0.1, 0.15) is 0 Å². The van der Waals surface area contributed by atoms with Crippen molar-refractivity contribution >= 4 is 21.6 Å². The van der Waals surface area contributed by atoms with E-state index in [4.69, 9.17) is 10.8 Å². The second-order valence-corrected chi connectivity index (χ2v) is 5.08. The molecule has 1 aromatic rings. The highest BCUT2D eigenvalue weighted by Gasteiger charge is 2.23. The molecule has 88 valence electrons. The molecule has 1 atom stereocenters. The van der Waals surface area contributed by atoms with Gasteiger partial charge in [-0.1, -0.05) is 22.0 Å². The van der Waals surface area contributed by atoms with Crippen LogP contribution >= 0.6 is 15.9 Å². The van der Waals surface area contributed by atoms with Gasteiger partial charge < -0.3 is 15.7 Å². The minimum Gasteiger partial charge on any atom is -0.396 e. The zero-order valence-electron chi connectivity index (χ0n) is 9.19. The Kier molecular flexibility index (Phi) is 3.84. The van der Waals surface area contributed by atoms with Crippen LogP contribution in [0.5, 0.6) is 0 Å². The lowest BCUT2D eigenvalue weighted by Crippen LogP contribution is -2.22. The van der Waals surface area contributed by atoms with Crippen LogP contribution in [0.1, 0.15) is 12.0 Å². The van der Waals surface area contributed by atoms with Crippen molar-refractivity contribution in [1.82, 2.24) is 0 Å². The van der Waals surface area contributed by atoms with E-state index in [1.807, 2.05) is 12.1 Å². The molecule has 0 radical (unpaired) electrons. The molecule has 0 aliphatic carbocycles. The van der Waals surface area contributed by atoms with Gasteiger partial charge in [-0.05, 0) is 18.6 Å². The summed E-state index contributed by atoms with van der Waals surface area (Å²) in [6, 6.07) is 6.16. The molecule has 16 heavy (non-hydrogen) atoms. The molecular weight excluding hydrogens is 268 g/mol. The first-order chi connectivity index (χ1) is 7.76. The van der Waals surface area contributed by atoms with Crippen molar-refractivity contribution in [1.29, 1.82) is 0 Å². The molecule has 1 fully saturated rings. The Bertz CT molecular complexity index is 370. The van der Waals surface area contributed by atoms with Crippen molar-refractivity contribution in [2.75, 3.05) is 24.6 Å². The minimum absolute atomic E-state index is 0.280. The quantitative estimate of drug-likeness (QED) is 0.889. The third kappa shape index (κ3) is 2.24. The summed E-state index contributed by atoms with van der Waals surface area (Å²) in [5, 5.41) is 9.15. The summed E-state index contributed by atoms with van der Waals surface area (Å²) < 4.78 is 1.07. The molecule has 3 N–H and O–H groups in total. The number of aliphatic hydroxyl groups is 1. The zero-order chi connectivity index (χ0) is 11.5. The molecule has 1 unspecified atom stereocenters. The maximum atomic E-state index is 9.15. The van der Waals surface area contributed by atoms with E-state index in [2.05, 4.69) is 26.9 Å². The number of aliphatic hydroxyl groups excluding tert-OH is 1. The van der Waals surface area contributed by atoms with Crippen molar-refractivity contribution in [2.45, 2.75) is 13.0 Å². The Morgan fingerprint density at radius 3 is 2.94 bits per heavy atom. The number of hydrogen-bond donors (Lipinski definition) is 2. The van der Waals surface area contributed by atoms with Gasteiger partial charge in [-0.2, -0.15) is 0 Å². The number of rotatable bonds is 3. The van der Waals surface area contributed by atoms with Gasteiger partial charge in [0.2, 0.25) is 0 Å². The van der Waals surface area contributed by atoms with E-state index < -0.39 is 0 Å². The Morgan fingerprint density at radius 2 is 2.31 bits per heavy atom. The fourth-order valence-electron chi connectivity index (χ4n) is 2.25. The van der Waals surface area contributed by atoms with E-state index in [0.29, 0.717) is 12.5 Å². The SMILES string of the molecule is NCc1c(Br)cccc1N1CCC(CO)C1. The van der Waals surface area contributed by atoms with Gasteiger partial charge in [0, 0.05) is 47.9 Å². The fraction of sp³-hybridized carbons (Fsp3) is 0.500. The molecule has 0 aromatic heterocycles. The van der Waals surface area contributed by atoms with Crippen molar-refractivity contribution in [2.24, 2.45) is 11.7 Å². The van der Waals surface area contributed by atoms with Gasteiger partial charge in [0.15, 0.2) is 0 Å². The van der Waals surface area contributed by atoms with Crippen molar-refractivity contribution in [3.8, 4) is 0 Å². The molecule has 2 rings (SSSR count). The standard InChI is InChI=1S/C12H17BrN2O/c13-11-2-1-3-12(10(11)6-14)15-5-4-9(7-15)8-16/h1-3,9,16H,4-8,14H2. The molecule has 0 amide bonds. The first-order valence-electron chi connectivity index (χ1n) is 5.59. The highest BCUT2D eigenvalue weighted by molar-refractivity contribution is 9.10. The van der Waals surface area contributed by atoms with E-state index in [0.717, 1.165) is 29.5 Å². The number of anilines is 1. The third-order valence-electron chi connectivity index (χ3n) is 3.18. The van der Waals surface area contributed by atoms with E-state index in [9.17, 15) is 0 Å². The second-order valence-electron chi connectivity index (χ2n) is 4.22. The van der Waals surface area contributed by atoms with Crippen LogP contribution in [-0.2, 0) is 6.54 Å². The summed E-state index contributed by atoms with van der Waals surface area (Å²) in [5.41, 5.74) is 8.14. The normalized spacial score (nSPS) is 20.4. The predicted octanol–water partition coefficient (Wildman–Crippen LogP) is 1.73. The van der Waals surface area contributed by atoms with Gasteiger partial charge in [-0.3, -0.25) is 0 Å². The first-order valence-corrected chi connectivity index (χ1v) is 6.38. The minimum atomic E-state index is 0.280.